The molecule has 5 aliphatic rings. The number of fused-ring (bicyclic) bond motifs is 5. The zero-order chi connectivity index (χ0) is 22.8. The molecule has 0 unspecified atom stereocenters. The van der Waals surface area contributed by atoms with E-state index in [4.69, 9.17) is 4.74 Å². The molecule has 5 rings (SSSR count). The number of likely N-dealkylation sites (tertiary alicyclic amines) is 1. The van der Waals surface area contributed by atoms with Gasteiger partial charge in [-0.25, -0.2) is 0 Å². The van der Waals surface area contributed by atoms with E-state index in [9.17, 15) is 20.1 Å². The summed E-state index contributed by atoms with van der Waals surface area (Å²) < 4.78 is 5.89. The quantitative estimate of drug-likeness (QED) is 0.603. The number of hydrogen-bond donors (Lipinski definition) is 3. The molecule has 0 radical (unpaired) electrons. The summed E-state index contributed by atoms with van der Waals surface area (Å²) in [5, 5.41) is 32.3. The molecule has 1 amide bonds. The summed E-state index contributed by atoms with van der Waals surface area (Å²) in [4.78, 5) is 15.7. The molecule has 0 aromatic heterocycles. The molecular formula is C26H43NO5. The van der Waals surface area contributed by atoms with Crippen molar-refractivity contribution in [3.05, 3.63) is 0 Å². The third-order valence-corrected chi connectivity index (χ3v) is 10.8. The zero-order valence-electron chi connectivity index (χ0n) is 20.0. The largest absolute Gasteiger partial charge is 0.393 e. The highest BCUT2D eigenvalue weighted by Crippen LogP contribution is 2.65. The van der Waals surface area contributed by atoms with E-state index < -0.39 is 11.2 Å². The van der Waals surface area contributed by atoms with Crippen LogP contribution in [-0.4, -0.2) is 68.7 Å². The third-order valence-electron chi connectivity index (χ3n) is 10.8. The van der Waals surface area contributed by atoms with E-state index in [1.807, 2.05) is 0 Å². The van der Waals surface area contributed by atoms with Crippen LogP contribution < -0.4 is 0 Å². The SMILES string of the molecule is C[C@]12CC[C@H]3[C@@H](CC[C@@]4(O)C[C@@](O)(CO)CC[C@]34C)[C@@H]1CCCN2C(=O)[C@H]1CCCCO1. The lowest BCUT2D eigenvalue weighted by Crippen LogP contribution is -2.69. The standard InChI is InChI=1S/C26H43NO5/c1-23-12-13-25(30,17-28)16-26(23,31)11-8-18-19(23)9-10-24(2)20(18)6-5-14-27(24)22(29)21-7-3-4-15-32-21/h18-21,28,30-31H,3-17H2,1-2H3/t18-,19+,20+,21-,23-,24+,25-,26-/m1/s1. The number of carbonyl (C=O) groups excluding carboxylic acids is 1. The topological polar surface area (TPSA) is 90.2 Å². The van der Waals surface area contributed by atoms with Crippen molar-refractivity contribution in [3.8, 4) is 0 Å². The van der Waals surface area contributed by atoms with Crippen LogP contribution in [0.4, 0.5) is 0 Å². The lowest BCUT2D eigenvalue weighted by atomic mass is 9.42. The fourth-order valence-electron chi connectivity index (χ4n) is 8.84. The molecule has 3 aliphatic carbocycles. The van der Waals surface area contributed by atoms with Crippen LogP contribution in [0.15, 0.2) is 0 Å². The zero-order valence-corrected chi connectivity index (χ0v) is 20.0. The molecule has 2 saturated heterocycles. The van der Waals surface area contributed by atoms with E-state index in [-0.39, 0.29) is 36.0 Å². The molecule has 0 aromatic rings. The van der Waals surface area contributed by atoms with Gasteiger partial charge in [0.1, 0.15) is 6.10 Å². The van der Waals surface area contributed by atoms with Crippen LogP contribution in [0.3, 0.4) is 0 Å². The maximum absolute atomic E-state index is 13.5. The number of nitrogens with zero attached hydrogens (tertiary/aromatic N) is 1. The Morgan fingerprint density at radius 1 is 0.969 bits per heavy atom. The first kappa shape index (κ1) is 23.1. The van der Waals surface area contributed by atoms with Crippen LogP contribution in [0, 0.1) is 23.2 Å². The van der Waals surface area contributed by atoms with Gasteiger partial charge >= 0.3 is 0 Å². The predicted octanol–water partition coefficient (Wildman–Crippen LogP) is 3.02. The van der Waals surface area contributed by atoms with E-state index in [2.05, 4.69) is 18.7 Å². The molecule has 0 spiro atoms. The van der Waals surface area contributed by atoms with E-state index >= 15 is 0 Å². The van der Waals surface area contributed by atoms with Crippen molar-refractivity contribution in [2.45, 2.75) is 114 Å². The smallest absolute Gasteiger partial charge is 0.252 e. The summed E-state index contributed by atoms with van der Waals surface area (Å²) in [6.45, 7) is 5.83. The van der Waals surface area contributed by atoms with Crippen LogP contribution in [0.2, 0.25) is 0 Å². The number of rotatable bonds is 2. The number of piperidine rings is 1. The first-order chi connectivity index (χ1) is 15.2. The second-order valence-corrected chi connectivity index (χ2v) is 12.3. The van der Waals surface area contributed by atoms with Gasteiger partial charge in [0.05, 0.1) is 17.8 Å². The van der Waals surface area contributed by atoms with Crippen LogP contribution in [0.1, 0.15) is 90.9 Å². The van der Waals surface area contributed by atoms with E-state index in [1.165, 1.54) is 0 Å². The average molecular weight is 450 g/mol. The molecule has 3 N–H and O–H groups in total. The summed E-state index contributed by atoms with van der Waals surface area (Å²) in [5.74, 6) is 1.58. The molecule has 32 heavy (non-hydrogen) atoms. The Morgan fingerprint density at radius 3 is 2.50 bits per heavy atom. The van der Waals surface area contributed by atoms with Crippen molar-refractivity contribution in [3.63, 3.8) is 0 Å². The Hall–Kier alpha value is -0.690. The second kappa shape index (κ2) is 7.93. The summed E-state index contributed by atoms with van der Waals surface area (Å²) in [6.07, 6.45) is 10.1. The van der Waals surface area contributed by atoms with Gasteiger partial charge in [-0.05, 0) is 101 Å². The molecule has 2 heterocycles. The van der Waals surface area contributed by atoms with Crippen molar-refractivity contribution in [1.29, 1.82) is 0 Å². The summed E-state index contributed by atoms with van der Waals surface area (Å²) in [6, 6.07) is 0. The second-order valence-electron chi connectivity index (χ2n) is 12.3. The Bertz CT molecular complexity index is 740. The van der Waals surface area contributed by atoms with Gasteiger partial charge in [0, 0.05) is 25.1 Å². The molecule has 2 aliphatic heterocycles. The maximum Gasteiger partial charge on any atom is 0.252 e. The monoisotopic (exact) mass is 449 g/mol. The summed E-state index contributed by atoms with van der Waals surface area (Å²) >= 11 is 0. The normalized spacial score (nSPS) is 51.3. The number of ether oxygens (including phenoxy) is 1. The number of aliphatic hydroxyl groups is 3. The fourth-order valence-corrected chi connectivity index (χ4v) is 8.84. The van der Waals surface area contributed by atoms with Gasteiger partial charge in [0.15, 0.2) is 0 Å². The molecule has 0 aromatic carbocycles. The molecule has 6 heteroatoms. The molecule has 6 nitrogen and oxygen atoms in total. The summed E-state index contributed by atoms with van der Waals surface area (Å²) in [5.41, 5.74) is -2.43. The van der Waals surface area contributed by atoms with Crippen LogP contribution in [-0.2, 0) is 9.53 Å². The molecule has 0 bridgehead atoms. The van der Waals surface area contributed by atoms with Crippen LogP contribution >= 0.6 is 0 Å². The van der Waals surface area contributed by atoms with E-state index in [0.29, 0.717) is 37.2 Å². The van der Waals surface area contributed by atoms with Gasteiger partial charge in [-0.1, -0.05) is 6.92 Å². The van der Waals surface area contributed by atoms with Gasteiger partial charge in [-0.2, -0.15) is 0 Å². The number of aliphatic hydroxyl groups excluding tert-OH is 1. The van der Waals surface area contributed by atoms with Crippen LogP contribution in [0.5, 0.6) is 0 Å². The highest BCUT2D eigenvalue weighted by molar-refractivity contribution is 5.82. The van der Waals surface area contributed by atoms with Crippen molar-refractivity contribution >= 4 is 5.91 Å². The van der Waals surface area contributed by atoms with Crippen LogP contribution in [0.25, 0.3) is 0 Å². The first-order valence-corrected chi connectivity index (χ1v) is 13.1. The number of amides is 1. The number of hydrogen-bond acceptors (Lipinski definition) is 5. The van der Waals surface area contributed by atoms with Crippen molar-refractivity contribution in [1.82, 2.24) is 4.90 Å². The minimum Gasteiger partial charge on any atom is -0.393 e. The van der Waals surface area contributed by atoms with Gasteiger partial charge in [-0.15, -0.1) is 0 Å². The summed E-state index contributed by atoms with van der Waals surface area (Å²) in [7, 11) is 0. The minimum atomic E-state index is -1.15. The van der Waals surface area contributed by atoms with E-state index in [0.717, 1.165) is 64.3 Å². The predicted molar refractivity (Wildman–Crippen MR) is 121 cm³/mol. The van der Waals surface area contributed by atoms with Gasteiger partial charge in [-0.3, -0.25) is 4.79 Å². The van der Waals surface area contributed by atoms with Gasteiger partial charge < -0.3 is 25.0 Å². The Morgan fingerprint density at radius 2 is 1.78 bits per heavy atom. The lowest BCUT2D eigenvalue weighted by Gasteiger charge is -2.67. The number of carbonyl (C=O) groups is 1. The van der Waals surface area contributed by atoms with Crippen molar-refractivity contribution < 1.29 is 24.9 Å². The molecular weight excluding hydrogens is 406 g/mol. The maximum atomic E-state index is 13.5. The van der Waals surface area contributed by atoms with Crippen molar-refractivity contribution in [2.24, 2.45) is 23.2 Å². The molecule has 182 valence electrons. The fraction of sp³-hybridized carbons (Fsp3) is 0.962. The Kier molecular flexibility index (Phi) is 5.72. The van der Waals surface area contributed by atoms with Gasteiger partial charge in [0.25, 0.3) is 5.91 Å². The highest BCUT2D eigenvalue weighted by atomic mass is 16.5. The minimum absolute atomic E-state index is 0.121. The Balaban J connectivity index is 1.40. The third kappa shape index (κ3) is 3.30. The molecule has 3 saturated carbocycles. The highest BCUT2D eigenvalue weighted by Gasteiger charge is 2.65. The molecule has 5 fully saturated rings. The lowest BCUT2D eigenvalue weighted by molar-refractivity contribution is -0.247. The molecule has 8 atom stereocenters. The Labute approximate surface area is 192 Å². The first-order valence-electron chi connectivity index (χ1n) is 13.1. The van der Waals surface area contributed by atoms with E-state index in [1.54, 1.807) is 0 Å². The average Bonchev–Trinajstić information content (AvgIpc) is 2.79. The van der Waals surface area contributed by atoms with Gasteiger partial charge in [0.2, 0.25) is 0 Å². The van der Waals surface area contributed by atoms with Crippen molar-refractivity contribution in [2.75, 3.05) is 19.8 Å².